The van der Waals surface area contributed by atoms with E-state index < -0.39 is 23.4 Å². The maximum Gasteiger partial charge on any atom is 0.338 e. The van der Waals surface area contributed by atoms with E-state index >= 15 is 0 Å². The van der Waals surface area contributed by atoms with Crippen LogP contribution < -0.4 is 14.8 Å². The molecule has 0 radical (unpaired) electrons. The number of nitro groups is 1. The lowest BCUT2D eigenvalue weighted by Gasteiger charge is -2.12. The SMILES string of the molecule is COc1ccc(OC)c(NC(=O)COC(=O)c2cccc([N+](=O)[O-])c2)c1. The molecule has 26 heavy (non-hydrogen) atoms. The number of hydrogen-bond acceptors (Lipinski definition) is 7. The van der Waals surface area contributed by atoms with Crippen LogP contribution >= 0.6 is 0 Å². The van der Waals surface area contributed by atoms with Gasteiger partial charge < -0.3 is 19.5 Å². The van der Waals surface area contributed by atoms with Crippen molar-refractivity contribution in [1.29, 1.82) is 0 Å². The Hall–Kier alpha value is -3.62. The van der Waals surface area contributed by atoms with Gasteiger partial charge in [0.1, 0.15) is 11.5 Å². The molecule has 0 aliphatic carbocycles. The number of nitrogens with one attached hydrogen (secondary N) is 1. The molecule has 0 spiro atoms. The molecule has 2 aromatic rings. The smallest absolute Gasteiger partial charge is 0.338 e. The van der Waals surface area contributed by atoms with Crippen LogP contribution in [0.15, 0.2) is 42.5 Å². The molecule has 2 rings (SSSR count). The van der Waals surface area contributed by atoms with Crippen molar-refractivity contribution in [2.75, 3.05) is 26.1 Å². The third-order valence-electron chi connectivity index (χ3n) is 3.31. The Labute approximate surface area is 148 Å². The van der Waals surface area contributed by atoms with Gasteiger partial charge in [-0.2, -0.15) is 0 Å². The molecule has 0 heterocycles. The summed E-state index contributed by atoms with van der Waals surface area (Å²) < 4.78 is 15.1. The maximum atomic E-state index is 12.0. The van der Waals surface area contributed by atoms with E-state index in [0.717, 1.165) is 6.07 Å². The van der Waals surface area contributed by atoms with Gasteiger partial charge in [-0.25, -0.2) is 4.79 Å². The summed E-state index contributed by atoms with van der Waals surface area (Å²) in [6.45, 7) is -0.568. The molecule has 9 heteroatoms. The molecule has 0 aliphatic rings. The molecule has 1 amide bonds. The summed E-state index contributed by atoms with van der Waals surface area (Å²) in [5.74, 6) is -0.532. The molecule has 0 aliphatic heterocycles. The van der Waals surface area contributed by atoms with Gasteiger partial charge in [-0.1, -0.05) is 6.07 Å². The van der Waals surface area contributed by atoms with E-state index in [0.29, 0.717) is 17.2 Å². The zero-order valence-corrected chi connectivity index (χ0v) is 14.1. The molecule has 1 N–H and O–H groups in total. The van der Waals surface area contributed by atoms with Gasteiger partial charge in [0.15, 0.2) is 6.61 Å². The Kier molecular flexibility index (Phi) is 6.10. The summed E-state index contributed by atoms with van der Waals surface area (Å²) >= 11 is 0. The highest BCUT2D eigenvalue weighted by Gasteiger charge is 2.15. The minimum absolute atomic E-state index is 0.0223. The van der Waals surface area contributed by atoms with Crippen molar-refractivity contribution >= 4 is 23.3 Å². The number of esters is 1. The largest absolute Gasteiger partial charge is 0.497 e. The predicted molar refractivity (Wildman–Crippen MR) is 91.6 cm³/mol. The van der Waals surface area contributed by atoms with Crippen molar-refractivity contribution in [1.82, 2.24) is 0 Å². The van der Waals surface area contributed by atoms with E-state index in [1.54, 1.807) is 18.2 Å². The van der Waals surface area contributed by atoms with Crippen LogP contribution in [0.2, 0.25) is 0 Å². The van der Waals surface area contributed by atoms with E-state index in [4.69, 9.17) is 14.2 Å². The number of amides is 1. The van der Waals surface area contributed by atoms with Crippen molar-refractivity contribution in [3.8, 4) is 11.5 Å². The van der Waals surface area contributed by atoms with E-state index in [-0.39, 0.29) is 11.3 Å². The Bertz CT molecular complexity index is 836. The summed E-state index contributed by atoms with van der Waals surface area (Å²) in [6, 6.07) is 9.87. The molecule has 0 saturated carbocycles. The van der Waals surface area contributed by atoms with Crippen LogP contribution in [0.1, 0.15) is 10.4 Å². The molecule has 9 nitrogen and oxygen atoms in total. The van der Waals surface area contributed by atoms with E-state index in [1.165, 1.54) is 32.4 Å². The average Bonchev–Trinajstić information content (AvgIpc) is 2.66. The second-order valence-electron chi connectivity index (χ2n) is 5.00. The minimum atomic E-state index is -0.846. The van der Waals surface area contributed by atoms with Gasteiger partial charge >= 0.3 is 5.97 Å². The topological polar surface area (TPSA) is 117 Å². The normalized spacial score (nSPS) is 9.92. The van der Waals surface area contributed by atoms with Crippen LogP contribution in [0.4, 0.5) is 11.4 Å². The highest BCUT2D eigenvalue weighted by Crippen LogP contribution is 2.28. The number of hydrogen-bond donors (Lipinski definition) is 1. The van der Waals surface area contributed by atoms with E-state index in [1.807, 2.05) is 0 Å². The summed E-state index contributed by atoms with van der Waals surface area (Å²) in [5, 5.41) is 13.3. The van der Waals surface area contributed by atoms with Gasteiger partial charge in [0, 0.05) is 18.2 Å². The Balaban J connectivity index is 1.99. The molecule has 0 saturated heterocycles. The van der Waals surface area contributed by atoms with Crippen LogP contribution in [0.3, 0.4) is 0 Å². The maximum absolute atomic E-state index is 12.0. The predicted octanol–water partition coefficient (Wildman–Crippen LogP) is 2.41. The van der Waals surface area contributed by atoms with Gasteiger partial charge in [0.2, 0.25) is 0 Å². The zero-order valence-electron chi connectivity index (χ0n) is 14.1. The fourth-order valence-corrected chi connectivity index (χ4v) is 2.06. The lowest BCUT2D eigenvalue weighted by atomic mass is 10.2. The van der Waals surface area contributed by atoms with Crippen molar-refractivity contribution in [2.24, 2.45) is 0 Å². The molecule has 0 unspecified atom stereocenters. The highest BCUT2D eigenvalue weighted by molar-refractivity contribution is 5.96. The number of rotatable bonds is 7. The van der Waals surface area contributed by atoms with Crippen LogP contribution in [0, 0.1) is 10.1 Å². The number of benzene rings is 2. The van der Waals surface area contributed by atoms with Crippen LogP contribution in [0.25, 0.3) is 0 Å². The van der Waals surface area contributed by atoms with Crippen LogP contribution in [-0.2, 0) is 9.53 Å². The van der Waals surface area contributed by atoms with Gasteiger partial charge in [-0.3, -0.25) is 14.9 Å². The minimum Gasteiger partial charge on any atom is -0.497 e. The number of nitrogens with zero attached hydrogens (tertiary/aromatic N) is 1. The van der Waals surface area contributed by atoms with Crippen molar-refractivity contribution in [3.63, 3.8) is 0 Å². The lowest BCUT2D eigenvalue weighted by Crippen LogP contribution is -2.21. The first kappa shape index (κ1) is 18.7. The van der Waals surface area contributed by atoms with Gasteiger partial charge in [0.05, 0.1) is 30.4 Å². The first-order valence-electron chi connectivity index (χ1n) is 7.38. The molecule has 0 bridgehead atoms. The number of carbonyl (C=O) groups excluding carboxylic acids is 2. The quantitative estimate of drug-likeness (QED) is 0.458. The molecular weight excluding hydrogens is 344 g/mol. The number of carbonyl (C=O) groups is 2. The number of ether oxygens (including phenoxy) is 3. The Morgan fingerprint density at radius 2 is 1.88 bits per heavy atom. The standard InChI is InChI=1S/C17H16N2O7/c1-24-13-6-7-15(25-2)14(9-13)18-16(20)10-26-17(21)11-4-3-5-12(8-11)19(22)23/h3-9H,10H2,1-2H3,(H,18,20). The third-order valence-corrected chi connectivity index (χ3v) is 3.31. The zero-order chi connectivity index (χ0) is 19.1. The Morgan fingerprint density at radius 1 is 1.12 bits per heavy atom. The first-order valence-corrected chi connectivity index (χ1v) is 7.38. The number of anilines is 1. The lowest BCUT2D eigenvalue weighted by molar-refractivity contribution is -0.384. The second kappa shape index (κ2) is 8.47. The van der Waals surface area contributed by atoms with Gasteiger partial charge in [-0.15, -0.1) is 0 Å². The van der Waals surface area contributed by atoms with Crippen molar-refractivity contribution in [2.45, 2.75) is 0 Å². The molecule has 0 fully saturated rings. The van der Waals surface area contributed by atoms with Crippen LogP contribution in [-0.4, -0.2) is 37.6 Å². The first-order chi connectivity index (χ1) is 12.4. The summed E-state index contributed by atoms with van der Waals surface area (Å²) in [5.41, 5.74) is 0.0826. The second-order valence-corrected chi connectivity index (χ2v) is 5.00. The highest BCUT2D eigenvalue weighted by atomic mass is 16.6. The molecule has 136 valence electrons. The Morgan fingerprint density at radius 3 is 2.54 bits per heavy atom. The number of non-ortho nitro benzene ring substituents is 1. The number of nitro benzene ring substituents is 1. The van der Waals surface area contributed by atoms with Crippen LogP contribution in [0.5, 0.6) is 11.5 Å². The summed E-state index contributed by atoms with van der Waals surface area (Å²) in [7, 11) is 2.92. The summed E-state index contributed by atoms with van der Waals surface area (Å²) in [6.07, 6.45) is 0. The van der Waals surface area contributed by atoms with E-state index in [9.17, 15) is 19.7 Å². The third kappa shape index (κ3) is 4.69. The fraction of sp³-hybridized carbons (Fsp3) is 0.176. The van der Waals surface area contributed by atoms with Gasteiger partial charge in [-0.05, 0) is 18.2 Å². The molecule has 0 aromatic heterocycles. The van der Waals surface area contributed by atoms with Gasteiger partial charge in [0.25, 0.3) is 11.6 Å². The average molecular weight is 360 g/mol. The van der Waals surface area contributed by atoms with E-state index in [2.05, 4.69) is 5.32 Å². The molecule has 0 atom stereocenters. The van der Waals surface area contributed by atoms with Crippen molar-refractivity contribution in [3.05, 3.63) is 58.1 Å². The molecule has 2 aromatic carbocycles. The van der Waals surface area contributed by atoms with Crippen molar-refractivity contribution < 1.29 is 28.7 Å². The fourth-order valence-electron chi connectivity index (χ4n) is 2.06. The number of methoxy groups -OCH3 is 2. The molecular formula is C17H16N2O7. The monoisotopic (exact) mass is 360 g/mol. The summed E-state index contributed by atoms with van der Waals surface area (Å²) in [4.78, 5) is 34.0.